The van der Waals surface area contributed by atoms with Gasteiger partial charge in [0, 0.05) is 16.1 Å². The van der Waals surface area contributed by atoms with Crippen LogP contribution in [0.4, 0.5) is 0 Å². The molecule has 0 aromatic heterocycles. The van der Waals surface area contributed by atoms with E-state index >= 15 is 0 Å². The summed E-state index contributed by atoms with van der Waals surface area (Å²) in [7, 11) is 0. The topological polar surface area (TPSA) is 35.2 Å². The van der Waals surface area contributed by atoms with Gasteiger partial charge in [-0.05, 0) is 31.5 Å². The first-order valence-electron chi connectivity index (χ1n) is 5.86. The summed E-state index contributed by atoms with van der Waals surface area (Å²) in [6.07, 6.45) is 3.33. The molecule has 0 bridgehead atoms. The summed E-state index contributed by atoms with van der Waals surface area (Å²) < 4.78 is 6.65. The molecule has 0 saturated carbocycles. The van der Waals surface area contributed by atoms with E-state index in [1.807, 2.05) is 19.1 Å². The highest BCUT2D eigenvalue weighted by Gasteiger charge is 2.12. The van der Waals surface area contributed by atoms with Gasteiger partial charge in [0.05, 0.1) is 6.61 Å². The molecule has 0 saturated heterocycles. The molecule has 0 radical (unpaired) electrons. The van der Waals surface area contributed by atoms with Gasteiger partial charge in [0.25, 0.3) is 0 Å². The summed E-state index contributed by atoms with van der Waals surface area (Å²) in [5, 5.41) is 0. The molecular formula is C13H20BrNO. The molecule has 90 valence electrons. The summed E-state index contributed by atoms with van der Waals surface area (Å²) >= 11 is 3.47. The number of halogens is 1. The van der Waals surface area contributed by atoms with Crippen LogP contribution < -0.4 is 10.5 Å². The summed E-state index contributed by atoms with van der Waals surface area (Å²) in [6, 6.07) is 6.10. The first kappa shape index (κ1) is 13.5. The molecule has 1 unspecified atom stereocenters. The highest BCUT2D eigenvalue weighted by Crippen LogP contribution is 2.29. The number of benzene rings is 1. The van der Waals surface area contributed by atoms with E-state index in [4.69, 9.17) is 10.5 Å². The lowest BCUT2D eigenvalue weighted by molar-refractivity contribution is 0.333. The Balaban J connectivity index is 2.85. The Hall–Kier alpha value is -0.540. The van der Waals surface area contributed by atoms with Gasteiger partial charge in [-0.2, -0.15) is 0 Å². The van der Waals surface area contributed by atoms with Crippen molar-refractivity contribution in [2.75, 3.05) is 6.61 Å². The Labute approximate surface area is 106 Å². The summed E-state index contributed by atoms with van der Waals surface area (Å²) in [5.74, 6) is 0.911. The van der Waals surface area contributed by atoms with Gasteiger partial charge in [0.2, 0.25) is 0 Å². The van der Waals surface area contributed by atoms with Crippen molar-refractivity contribution in [3.63, 3.8) is 0 Å². The van der Waals surface area contributed by atoms with Crippen molar-refractivity contribution in [3.05, 3.63) is 28.2 Å². The SMILES string of the molecule is CCCCC(N)c1cc(Br)ccc1OCC. The molecule has 0 heterocycles. The van der Waals surface area contributed by atoms with Crippen LogP contribution in [-0.4, -0.2) is 6.61 Å². The Morgan fingerprint density at radius 2 is 2.12 bits per heavy atom. The second-order valence-corrected chi connectivity index (χ2v) is 4.78. The van der Waals surface area contributed by atoms with Gasteiger partial charge >= 0.3 is 0 Å². The highest BCUT2D eigenvalue weighted by molar-refractivity contribution is 9.10. The van der Waals surface area contributed by atoms with Gasteiger partial charge in [-0.25, -0.2) is 0 Å². The minimum absolute atomic E-state index is 0.0685. The van der Waals surface area contributed by atoms with E-state index in [1.54, 1.807) is 0 Å². The molecule has 16 heavy (non-hydrogen) atoms. The molecule has 0 amide bonds. The van der Waals surface area contributed by atoms with Crippen molar-refractivity contribution >= 4 is 15.9 Å². The first-order valence-corrected chi connectivity index (χ1v) is 6.66. The van der Waals surface area contributed by atoms with Crippen molar-refractivity contribution < 1.29 is 4.74 Å². The van der Waals surface area contributed by atoms with E-state index in [2.05, 4.69) is 28.9 Å². The minimum Gasteiger partial charge on any atom is -0.494 e. The third-order valence-corrected chi connectivity index (χ3v) is 3.03. The Bertz CT molecular complexity index is 328. The van der Waals surface area contributed by atoms with E-state index < -0.39 is 0 Å². The molecule has 0 aliphatic rings. The van der Waals surface area contributed by atoms with Gasteiger partial charge in [0.15, 0.2) is 0 Å². The fourth-order valence-electron chi connectivity index (χ4n) is 1.68. The van der Waals surface area contributed by atoms with E-state index in [1.165, 1.54) is 6.42 Å². The monoisotopic (exact) mass is 285 g/mol. The number of hydrogen-bond acceptors (Lipinski definition) is 2. The van der Waals surface area contributed by atoms with Crippen LogP contribution in [0.5, 0.6) is 5.75 Å². The van der Waals surface area contributed by atoms with Crippen LogP contribution in [0.25, 0.3) is 0 Å². The third-order valence-electron chi connectivity index (χ3n) is 2.54. The molecule has 0 spiro atoms. The maximum Gasteiger partial charge on any atom is 0.124 e. The summed E-state index contributed by atoms with van der Waals surface area (Å²) in [4.78, 5) is 0. The molecular weight excluding hydrogens is 266 g/mol. The molecule has 1 rings (SSSR count). The van der Waals surface area contributed by atoms with E-state index in [9.17, 15) is 0 Å². The molecule has 0 fully saturated rings. The van der Waals surface area contributed by atoms with Crippen molar-refractivity contribution in [1.29, 1.82) is 0 Å². The summed E-state index contributed by atoms with van der Waals surface area (Å²) in [6.45, 7) is 4.84. The standard InChI is InChI=1S/C13H20BrNO/c1-3-5-6-12(15)11-9-10(14)7-8-13(11)16-4-2/h7-9,12H,3-6,15H2,1-2H3. The number of unbranched alkanes of at least 4 members (excludes halogenated alkanes) is 1. The van der Waals surface area contributed by atoms with Crippen LogP contribution in [0.1, 0.15) is 44.7 Å². The normalized spacial score (nSPS) is 12.5. The zero-order chi connectivity index (χ0) is 12.0. The van der Waals surface area contributed by atoms with Crippen LogP contribution in [0.3, 0.4) is 0 Å². The number of rotatable bonds is 6. The maximum absolute atomic E-state index is 6.18. The first-order chi connectivity index (χ1) is 7.69. The zero-order valence-corrected chi connectivity index (χ0v) is 11.6. The largest absolute Gasteiger partial charge is 0.494 e. The van der Waals surface area contributed by atoms with Crippen molar-refractivity contribution in [2.24, 2.45) is 5.73 Å². The molecule has 1 atom stereocenters. The number of hydrogen-bond donors (Lipinski definition) is 1. The second kappa shape index (κ2) is 6.92. The van der Waals surface area contributed by atoms with Gasteiger partial charge in [-0.1, -0.05) is 35.7 Å². The Morgan fingerprint density at radius 3 is 2.75 bits per heavy atom. The second-order valence-electron chi connectivity index (χ2n) is 3.86. The molecule has 2 nitrogen and oxygen atoms in total. The molecule has 0 aliphatic heterocycles. The molecule has 0 aliphatic carbocycles. The predicted octanol–water partition coefficient (Wildman–Crippen LogP) is 4.04. The fourth-order valence-corrected chi connectivity index (χ4v) is 2.05. The van der Waals surface area contributed by atoms with E-state index in [0.29, 0.717) is 6.61 Å². The number of ether oxygens (including phenoxy) is 1. The minimum atomic E-state index is 0.0685. The van der Waals surface area contributed by atoms with E-state index in [0.717, 1.165) is 28.6 Å². The van der Waals surface area contributed by atoms with Gasteiger partial charge in [-0.15, -0.1) is 0 Å². The lowest BCUT2D eigenvalue weighted by Crippen LogP contribution is -2.12. The lowest BCUT2D eigenvalue weighted by Gasteiger charge is -2.16. The van der Waals surface area contributed by atoms with Crippen LogP contribution in [0.15, 0.2) is 22.7 Å². The van der Waals surface area contributed by atoms with Crippen LogP contribution in [-0.2, 0) is 0 Å². The zero-order valence-electron chi connectivity index (χ0n) is 10.0. The predicted molar refractivity (Wildman–Crippen MR) is 71.8 cm³/mol. The molecule has 1 aromatic rings. The van der Waals surface area contributed by atoms with Crippen molar-refractivity contribution in [2.45, 2.75) is 39.2 Å². The average molecular weight is 286 g/mol. The van der Waals surface area contributed by atoms with E-state index in [-0.39, 0.29) is 6.04 Å². The highest BCUT2D eigenvalue weighted by atomic mass is 79.9. The molecule has 3 heteroatoms. The lowest BCUT2D eigenvalue weighted by atomic mass is 10.0. The fraction of sp³-hybridized carbons (Fsp3) is 0.538. The molecule has 2 N–H and O–H groups in total. The van der Waals surface area contributed by atoms with Crippen molar-refractivity contribution in [3.8, 4) is 5.75 Å². The van der Waals surface area contributed by atoms with Gasteiger partial charge in [-0.3, -0.25) is 0 Å². The third kappa shape index (κ3) is 3.80. The van der Waals surface area contributed by atoms with Gasteiger partial charge < -0.3 is 10.5 Å². The van der Waals surface area contributed by atoms with Gasteiger partial charge in [0.1, 0.15) is 5.75 Å². The quantitative estimate of drug-likeness (QED) is 0.856. The Morgan fingerprint density at radius 1 is 1.38 bits per heavy atom. The van der Waals surface area contributed by atoms with Crippen molar-refractivity contribution in [1.82, 2.24) is 0 Å². The molecule has 1 aromatic carbocycles. The Kier molecular flexibility index (Phi) is 5.85. The summed E-state index contributed by atoms with van der Waals surface area (Å²) in [5.41, 5.74) is 7.28. The smallest absolute Gasteiger partial charge is 0.124 e. The van der Waals surface area contributed by atoms with Crippen LogP contribution in [0, 0.1) is 0 Å². The van der Waals surface area contributed by atoms with Crippen LogP contribution in [0.2, 0.25) is 0 Å². The maximum atomic E-state index is 6.18. The van der Waals surface area contributed by atoms with Crippen LogP contribution >= 0.6 is 15.9 Å². The average Bonchev–Trinajstić information content (AvgIpc) is 2.28. The number of nitrogens with two attached hydrogens (primary N) is 1.